The van der Waals surface area contributed by atoms with E-state index >= 15 is 0 Å². The third-order valence-electron chi connectivity index (χ3n) is 3.18. The maximum absolute atomic E-state index is 12.1. The quantitative estimate of drug-likeness (QED) is 0.830. The van der Waals surface area contributed by atoms with E-state index in [0.29, 0.717) is 17.7 Å². The molecule has 0 aliphatic carbocycles. The van der Waals surface area contributed by atoms with Gasteiger partial charge in [0, 0.05) is 6.04 Å². The van der Waals surface area contributed by atoms with E-state index < -0.39 is 21.2 Å². The normalized spacial score (nSPS) is 15.5. The van der Waals surface area contributed by atoms with Crippen molar-refractivity contribution in [1.82, 2.24) is 0 Å². The van der Waals surface area contributed by atoms with Crippen LogP contribution in [0.2, 0.25) is 0 Å². The third kappa shape index (κ3) is 4.30. The molecule has 5 heteroatoms. The van der Waals surface area contributed by atoms with Crippen LogP contribution < -0.4 is 5.73 Å². The summed E-state index contributed by atoms with van der Waals surface area (Å²) in [6.07, 6.45) is 0.581. The summed E-state index contributed by atoms with van der Waals surface area (Å²) in [5, 5.41) is 9.23. The number of benzene rings is 1. The van der Waals surface area contributed by atoms with Crippen LogP contribution in [-0.4, -0.2) is 30.9 Å². The number of hydrogen-bond donors (Lipinski definition) is 2. The highest BCUT2D eigenvalue weighted by molar-refractivity contribution is 7.92. The third-order valence-corrected chi connectivity index (χ3v) is 5.34. The molecule has 0 aromatic heterocycles. The molecule has 4 nitrogen and oxygen atoms in total. The van der Waals surface area contributed by atoms with Crippen LogP contribution in [0.15, 0.2) is 29.2 Å². The molecule has 3 N–H and O–H groups in total. The van der Waals surface area contributed by atoms with Crippen molar-refractivity contribution in [2.75, 3.05) is 0 Å². The second-order valence-corrected chi connectivity index (χ2v) is 7.71. The topological polar surface area (TPSA) is 80.4 Å². The fraction of sp³-hybridized carbons (Fsp3) is 0.571. The van der Waals surface area contributed by atoms with Gasteiger partial charge in [-0.1, -0.05) is 12.1 Å². The summed E-state index contributed by atoms with van der Waals surface area (Å²) in [4.78, 5) is 0.343. The molecule has 19 heavy (non-hydrogen) atoms. The largest absolute Gasteiger partial charge is 0.392 e. The minimum Gasteiger partial charge on any atom is -0.392 e. The predicted octanol–water partition coefficient (Wildman–Crippen LogP) is 1.51. The van der Waals surface area contributed by atoms with Crippen LogP contribution in [-0.2, 0) is 16.3 Å². The van der Waals surface area contributed by atoms with Gasteiger partial charge >= 0.3 is 0 Å². The van der Waals surface area contributed by atoms with E-state index in [1.165, 1.54) is 0 Å². The van der Waals surface area contributed by atoms with E-state index in [4.69, 9.17) is 5.73 Å². The van der Waals surface area contributed by atoms with Gasteiger partial charge in [0.2, 0.25) is 0 Å². The van der Waals surface area contributed by atoms with Crippen molar-refractivity contribution in [2.24, 2.45) is 5.73 Å². The maximum atomic E-state index is 12.1. The number of rotatable bonds is 6. The lowest BCUT2D eigenvalue weighted by Crippen LogP contribution is -2.31. The van der Waals surface area contributed by atoms with E-state index in [9.17, 15) is 13.5 Å². The van der Waals surface area contributed by atoms with E-state index in [-0.39, 0.29) is 6.04 Å². The lowest BCUT2D eigenvalue weighted by molar-refractivity contribution is 0.141. The zero-order chi connectivity index (χ0) is 14.6. The Morgan fingerprint density at radius 1 is 1.26 bits per heavy atom. The van der Waals surface area contributed by atoms with Crippen LogP contribution in [0.25, 0.3) is 0 Å². The molecule has 2 unspecified atom stereocenters. The Morgan fingerprint density at radius 2 is 1.89 bits per heavy atom. The summed E-state index contributed by atoms with van der Waals surface area (Å²) in [5.74, 6) is 0. The van der Waals surface area contributed by atoms with Gasteiger partial charge in [-0.2, -0.15) is 0 Å². The number of aliphatic hydroxyl groups is 1. The van der Waals surface area contributed by atoms with E-state index in [0.717, 1.165) is 5.56 Å². The summed E-state index contributed by atoms with van der Waals surface area (Å²) in [6, 6.07) is 6.63. The van der Waals surface area contributed by atoms with Crippen LogP contribution in [0.1, 0.15) is 32.8 Å². The molecular formula is C14H23NO3S. The molecule has 0 heterocycles. The van der Waals surface area contributed by atoms with Crippen molar-refractivity contribution in [2.45, 2.75) is 55.9 Å². The van der Waals surface area contributed by atoms with Crippen molar-refractivity contribution in [3.8, 4) is 0 Å². The summed E-state index contributed by atoms with van der Waals surface area (Å²) in [5.41, 5.74) is 6.50. The van der Waals surface area contributed by atoms with Gasteiger partial charge in [0.1, 0.15) is 0 Å². The molecule has 2 atom stereocenters. The summed E-state index contributed by atoms with van der Waals surface area (Å²) in [6.45, 7) is 5.09. The van der Waals surface area contributed by atoms with Gasteiger partial charge in [-0.25, -0.2) is 8.42 Å². The number of aliphatic hydroxyl groups excluding tert-OH is 1. The van der Waals surface area contributed by atoms with Crippen molar-refractivity contribution in [3.05, 3.63) is 29.8 Å². The Labute approximate surface area is 115 Å². The molecule has 0 saturated heterocycles. The number of hydrogen-bond acceptors (Lipinski definition) is 4. The van der Waals surface area contributed by atoms with Crippen LogP contribution in [0, 0.1) is 0 Å². The molecular weight excluding hydrogens is 262 g/mol. The maximum Gasteiger partial charge on any atom is 0.180 e. The molecule has 0 aliphatic rings. The summed E-state index contributed by atoms with van der Waals surface area (Å²) in [7, 11) is -3.24. The van der Waals surface area contributed by atoms with Gasteiger partial charge in [0.25, 0.3) is 0 Å². The Hall–Kier alpha value is -0.910. The van der Waals surface area contributed by atoms with E-state index in [1.807, 2.05) is 6.07 Å². The minimum atomic E-state index is -3.24. The van der Waals surface area contributed by atoms with Gasteiger partial charge < -0.3 is 10.8 Å². The second-order valence-electron chi connectivity index (χ2n) is 5.21. The first kappa shape index (κ1) is 16.1. The molecule has 0 amide bonds. The number of sulfone groups is 1. The van der Waals surface area contributed by atoms with E-state index in [1.54, 1.807) is 39.0 Å². The first-order chi connectivity index (χ1) is 8.75. The molecule has 0 saturated carbocycles. The second kappa shape index (κ2) is 6.50. The van der Waals surface area contributed by atoms with Gasteiger partial charge in [0.15, 0.2) is 9.84 Å². The average molecular weight is 285 g/mol. The summed E-state index contributed by atoms with van der Waals surface area (Å²) >= 11 is 0. The fourth-order valence-corrected chi connectivity index (χ4v) is 2.86. The molecule has 0 spiro atoms. The molecule has 0 fully saturated rings. The van der Waals surface area contributed by atoms with Gasteiger partial charge in [-0.05, 0) is 51.3 Å². The molecule has 108 valence electrons. The van der Waals surface area contributed by atoms with Crippen LogP contribution in [0.3, 0.4) is 0 Å². The number of nitrogens with two attached hydrogens (primary N) is 1. The van der Waals surface area contributed by atoms with Crippen molar-refractivity contribution in [1.29, 1.82) is 0 Å². The highest BCUT2D eigenvalue weighted by Gasteiger charge is 2.19. The Kier molecular flexibility index (Phi) is 5.52. The highest BCUT2D eigenvalue weighted by atomic mass is 32.2. The average Bonchev–Trinajstić information content (AvgIpc) is 2.35. The van der Waals surface area contributed by atoms with Crippen LogP contribution in [0.4, 0.5) is 0 Å². The fourth-order valence-electron chi connectivity index (χ4n) is 1.73. The summed E-state index contributed by atoms with van der Waals surface area (Å²) < 4.78 is 24.1. The van der Waals surface area contributed by atoms with Gasteiger partial charge in [-0.3, -0.25) is 0 Å². The standard InChI is InChI=1S/C14H23NO3S/c1-10(2)19(17,18)13-6-4-5-12(9-13)7-8-14(16)11(3)15/h4-6,9-11,14,16H,7-8,15H2,1-3H3. The lowest BCUT2D eigenvalue weighted by Gasteiger charge is -2.14. The molecule has 0 radical (unpaired) electrons. The zero-order valence-electron chi connectivity index (χ0n) is 11.7. The molecule has 0 bridgehead atoms. The van der Waals surface area contributed by atoms with Crippen molar-refractivity contribution in [3.63, 3.8) is 0 Å². The van der Waals surface area contributed by atoms with Crippen LogP contribution >= 0.6 is 0 Å². The molecule has 1 rings (SSSR count). The molecule has 1 aromatic carbocycles. The first-order valence-corrected chi connectivity index (χ1v) is 8.06. The Bertz CT molecular complexity index is 509. The first-order valence-electron chi connectivity index (χ1n) is 6.51. The van der Waals surface area contributed by atoms with E-state index in [2.05, 4.69) is 0 Å². The Balaban J connectivity index is 2.84. The van der Waals surface area contributed by atoms with Crippen LogP contribution in [0.5, 0.6) is 0 Å². The zero-order valence-corrected chi connectivity index (χ0v) is 12.5. The van der Waals surface area contributed by atoms with Crippen molar-refractivity contribution < 1.29 is 13.5 Å². The predicted molar refractivity (Wildman–Crippen MR) is 76.7 cm³/mol. The minimum absolute atomic E-state index is 0.275. The molecule has 1 aromatic rings. The van der Waals surface area contributed by atoms with Gasteiger partial charge in [0.05, 0.1) is 16.2 Å². The van der Waals surface area contributed by atoms with Crippen molar-refractivity contribution >= 4 is 9.84 Å². The van der Waals surface area contributed by atoms with Gasteiger partial charge in [-0.15, -0.1) is 0 Å². The smallest absolute Gasteiger partial charge is 0.180 e. The Morgan fingerprint density at radius 3 is 2.42 bits per heavy atom. The molecule has 0 aliphatic heterocycles. The highest BCUT2D eigenvalue weighted by Crippen LogP contribution is 2.18. The number of aryl methyl sites for hydroxylation is 1. The SMILES string of the molecule is CC(N)C(O)CCc1cccc(S(=O)(=O)C(C)C)c1. The monoisotopic (exact) mass is 285 g/mol. The lowest BCUT2D eigenvalue weighted by atomic mass is 10.0.